The van der Waals surface area contributed by atoms with Crippen molar-refractivity contribution in [2.75, 3.05) is 25.9 Å². The molecule has 0 radical (unpaired) electrons. The fourth-order valence-corrected chi connectivity index (χ4v) is 4.06. The number of ketones is 1. The standard InChI is InChI=1S/C13H13ClN2O.C11H11BrN2.C4H8ClNO2/c1-9-3-4-10(2)16(9)13-6-5-11(8-15-13)12(17)7-14;1-8-3-4-9(2)14(8)11-6-5-10(12)7-13-11;1-6(8-2)4(7)3-5/h3-6,8H,7H2,1-2H3;3-7H,1-2H3;3H2,1-2H3. The highest BCUT2D eigenvalue weighted by Gasteiger charge is 2.08. The summed E-state index contributed by atoms with van der Waals surface area (Å²) in [7, 11) is 2.91. The zero-order chi connectivity index (χ0) is 29.1. The molecule has 208 valence electrons. The fourth-order valence-electron chi connectivity index (χ4n) is 3.51. The molecule has 0 unspecified atom stereocenters. The number of aromatic nitrogens is 4. The summed E-state index contributed by atoms with van der Waals surface area (Å²) in [6.45, 7) is 8.20. The maximum absolute atomic E-state index is 11.4. The molecule has 0 aliphatic heterocycles. The summed E-state index contributed by atoms with van der Waals surface area (Å²) in [5.41, 5.74) is 5.19. The van der Waals surface area contributed by atoms with Crippen LogP contribution in [0.5, 0.6) is 0 Å². The van der Waals surface area contributed by atoms with E-state index in [0.717, 1.165) is 32.6 Å². The number of alkyl halides is 2. The van der Waals surface area contributed by atoms with Gasteiger partial charge in [-0.3, -0.25) is 14.4 Å². The fraction of sp³-hybridized carbons (Fsp3) is 0.286. The first-order chi connectivity index (χ1) is 18.5. The van der Waals surface area contributed by atoms with Gasteiger partial charge in [0, 0.05) is 52.3 Å². The van der Waals surface area contributed by atoms with Gasteiger partial charge < -0.3 is 9.13 Å². The van der Waals surface area contributed by atoms with E-state index in [1.54, 1.807) is 12.3 Å². The third kappa shape index (κ3) is 9.03. The van der Waals surface area contributed by atoms with Gasteiger partial charge >= 0.3 is 0 Å². The first-order valence-corrected chi connectivity index (χ1v) is 13.7. The van der Waals surface area contributed by atoms with Crippen molar-refractivity contribution in [3.05, 3.63) is 93.7 Å². The zero-order valence-corrected chi connectivity index (χ0v) is 25.9. The van der Waals surface area contributed by atoms with Crippen molar-refractivity contribution in [2.24, 2.45) is 0 Å². The molecule has 0 aromatic carbocycles. The predicted molar refractivity (Wildman–Crippen MR) is 159 cm³/mol. The lowest BCUT2D eigenvalue weighted by Crippen LogP contribution is -2.26. The monoisotopic (exact) mass is 635 g/mol. The number of amides is 1. The highest BCUT2D eigenvalue weighted by Crippen LogP contribution is 2.16. The second-order valence-corrected chi connectivity index (χ2v) is 9.86. The lowest BCUT2D eigenvalue weighted by atomic mass is 10.2. The van der Waals surface area contributed by atoms with Crippen LogP contribution in [0.3, 0.4) is 0 Å². The average Bonchev–Trinajstić information content (AvgIpc) is 3.47. The Bertz CT molecular complexity index is 1330. The Balaban J connectivity index is 0.000000219. The van der Waals surface area contributed by atoms with Gasteiger partial charge in [-0.1, -0.05) is 0 Å². The summed E-state index contributed by atoms with van der Waals surface area (Å²) in [6, 6.07) is 15.9. The smallest absolute Gasteiger partial charge is 0.260 e. The molecular weight excluding hydrogens is 605 g/mol. The second kappa shape index (κ2) is 15.6. The lowest BCUT2D eigenvalue weighted by molar-refractivity contribution is -0.165. The quantitative estimate of drug-likeness (QED) is 0.139. The van der Waals surface area contributed by atoms with Crippen LogP contribution in [0.1, 0.15) is 33.1 Å². The number of Topliss-reactive ketones (excluding diaryl/α,β-unsaturated/α-hetero) is 1. The van der Waals surface area contributed by atoms with E-state index in [9.17, 15) is 9.59 Å². The third-order valence-electron chi connectivity index (χ3n) is 5.64. The first-order valence-electron chi connectivity index (χ1n) is 11.9. The van der Waals surface area contributed by atoms with Gasteiger partial charge in [-0.05, 0) is 92.2 Å². The van der Waals surface area contributed by atoms with Crippen molar-refractivity contribution in [1.29, 1.82) is 0 Å². The Morgan fingerprint density at radius 1 is 0.795 bits per heavy atom. The lowest BCUT2D eigenvalue weighted by Gasteiger charge is -2.10. The molecule has 8 nitrogen and oxygen atoms in total. The summed E-state index contributed by atoms with van der Waals surface area (Å²) >= 11 is 14.0. The highest BCUT2D eigenvalue weighted by molar-refractivity contribution is 9.10. The van der Waals surface area contributed by atoms with Gasteiger partial charge in [-0.15, -0.1) is 23.2 Å². The molecule has 0 spiro atoms. The molecule has 0 fully saturated rings. The van der Waals surface area contributed by atoms with Crippen LogP contribution in [0.25, 0.3) is 11.6 Å². The molecule has 0 aliphatic carbocycles. The van der Waals surface area contributed by atoms with Crippen LogP contribution >= 0.6 is 39.1 Å². The summed E-state index contributed by atoms with van der Waals surface area (Å²) < 4.78 is 5.17. The largest absolute Gasteiger partial charge is 0.303 e. The number of carbonyl (C=O) groups is 2. The van der Waals surface area contributed by atoms with E-state index in [4.69, 9.17) is 23.2 Å². The molecule has 11 heteroatoms. The Labute approximate surface area is 247 Å². The minimum Gasteiger partial charge on any atom is -0.303 e. The highest BCUT2D eigenvalue weighted by atomic mass is 79.9. The molecule has 0 saturated heterocycles. The van der Waals surface area contributed by atoms with Crippen molar-refractivity contribution in [3.63, 3.8) is 0 Å². The number of aryl methyl sites for hydroxylation is 4. The molecule has 4 heterocycles. The summed E-state index contributed by atoms with van der Waals surface area (Å²) in [4.78, 5) is 34.9. The SMILES string of the molecule is CON(C)C(=O)CCl.Cc1ccc(C)n1-c1ccc(Br)cn1.Cc1ccc(C)n1-c1ccc(C(=O)CCl)cn1. The van der Waals surface area contributed by atoms with E-state index in [-0.39, 0.29) is 23.5 Å². The van der Waals surface area contributed by atoms with Gasteiger partial charge in [0.15, 0.2) is 5.78 Å². The molecule has 39 heavy (non-hydrogen) atoms. The van der Waals surface area contributed by atoms with E-state index in [1.165, 1.54) is 25.5 Å². The van der Waals surface area contributed by atoms with E-state index < -0.39 is 0 Å². The van der Waals surface area contributed by atoms with E-state index in [2.05, 4.69) is 61.3 Å². The number of nitrogens with zero attached hydrogens (tertiary/aromatic N) is 5. The van der Waals surface area contributed by atoms with Crippen molar-refractivity contribution in [2.45, 2.75) is 27.7 Å². The molecule has 4 aromatic heterocycles. The second-order valence-electron chi connectivity index (χ2n) is 8.41. The van der Waals surface area contributed by atoms with Crippen LogP contribution in [0.2, 0.25) is 0 Å². The summed E-state index contributed by atoms with van der Waals surface area (Å²) in [6.07, 6.45) is 3.38. The maximum atomic E-state index is 11.4. The summed E-state index contributed by atoms with van der Waals surface area (Å²) in [5.74, 6) is 1.39. The van der Waals surface area contributed by atoms with Crippen LogP contribution in [0, 0.1) is 27.7 Å². The molecule has 4 aromatic rings. The summed E-state index contributed by atoms with van der Waals surface area (Å²) in [5, 5.41) is 1.08. The van der Waals surface area contributed by atoms with E-state index in [1.807, 2.05) is 54.9 Å². The predicted octanol–water partition coefficient (Wildman–Crippen LogP) is 6.41. The van der Waals surface area contributed by atoms with Gasteiger partial charge in [0.2, 0.25) is 0 Å². The van der Waals surface area contributed by atoms with Gasteiger partial charge in [-0.25, -0.2) is 15.0 Å². The molecule has 1 amide bonds. The van der Waals surface area contributed by atoms with Crippen molar-refractivity contribution >= 4 is 50.8 Å². The number of pyridine rings is 2. The number of carbonyl (C=O) groups excluding carboxylic acids is 2. The number of rotatable bonds is 6. The van der Waals surface area contributed by atoms with Gasteiger partial charge in [-0.2, -0.15) is 0 Å². The topological polar surface area (TPSA) is 82.2 Å². The van der Waals surface area contributed by atoms with Gasteiger partial charge in [0.1, 0.15) is 17.5 Å². The minimum absolute atomic E-state index is 0.0113. The molecule has 0 bridgehead atoms. The molecule has 0 saturated carbocycles. The van der Waals surface area contributed by atoms with Crippen LogP contribution in [0.4, 0.5) is 0 Å². The van der Waals surface area contributed by atoms with E-state index in [0.29, 0.717) is 5.56 Å². The Morgan fingerprint density at radius 3 is 1.56 bits per heavy atom. The van der Waals surface area contributed by atoms with Crippen LogP contribution in [0.15, 0.2) is 65.4 Å². The minimum atomic E-state index is -0.242. The number of hydroxylamine groups is 2. The zero-order valence-electron chi connectivity index (χ0n) is 22.8. The number of hydrogen-bond donors (Lipinski definition) is 0. The molecule has 0 aliphatic rings. The average molecular weight is 637 g/mol. The van der Waals surface area contributed by atoms with Crippen molar-refractivity contribution < 1.29 is 14.4 Å². The Morgan fingerprint density at radius 2 is 1.26 bits per heavy atom. The molecular formula is C28H32BrCl2N5O3. The van der Waals surface area contributed by atoms with Gasteiger partial charge in [0.25, 0.3) is 5.91 Å². The van der Waals surface area contributed by atoms with Crippen molar-refractivity contribution in [1.82, 2.24) is 24.2 Å². The number of hydrogen-bond acceptors (Lipinski definition) is 5. The number of halogens is 3. The van der Waals surface area contributed by atoms with Crippen LogP contribution < -0.4 is 0 Å². The van der Waals surface area contributed by atoms with E-state index >= 15 is 0 Å². The maximum Gasteiger partial charge on any atom is 0.260 e. The molecule has 4 rings (SSSR count). The third-order valence-corrected chi connectivity index (χ3v) is 6.58. The Kier molecular flexibility index (Phi) is 12.9. The van der Waals surface area contributed by atoms with Crippen LogP contribution in [-0.2, 0) is 9.63 Å². The first kappa shape index (κ1) is 32.2. The van der Waals surface area contributed by atoms with Crippen molar-refractivity contribution in [3.8, 4) is 11.6 Å². The normalized spacial score (nSPS) is 10.2. The van der Waals surface area contributed by atoms with Crippen LogP contribution in [-0.4, -0.2) is 61.8 Å². The van der Waals surface area contributed by atoms with Gasteiger partial charge in [0.05, 0.1) is 13.0 Å². The molecule has 0 N–H and O–H groups in total. The Hall–Kier alpha value is -2.98. The molecule has 0 atom stereocenters.